The Morgan fingerprint density at radius 1 is 1.13 bits per heavy atom. The maximum Gasteiger partial charge on any atom is 0.366 e. The van der Waals surface area contributed by atoms with Crippen molar-refractivity contribution in [2.45, 2.75) is 50.8 Å². The molecule has 2 amide bonds. The second kappa shape index (κ2) is 14.4. The lowest BCUT2D eigenvalue weighted by molar-refractivity contribution is -0.154. The van der Waals surface area contributed by atoms with Crippen molar-refractivity contribution < 1.29 is 33.3 Å². The Morgan fingerprint density at radius 2 is 1.87 bits per heavy atom. The van der Waals surface area contributed by atoms with Gasteiger partial charge in [0, 0.05) is 24.8 Å². The van der Waals surface area contributed by atoms with E-state index in [0.29, 0.717) is 6.42 Å². The van der Waals surface area contributed by atoms with Gasteiger partial charge in [-0.05, 0) is 24.9 Å². The second-order valence-corrected chi connectivity index (χ2v) is 9.71. The van der Waals surface area contributed by atoms with Crippen molar-refractivity contribution in [3.8, 4) is 0 Å². The molecule has 3 rings (SSSR count). The second-order valence-electron chi connectivity index (χ2n) is 9.71. The monoisotopic (exact) mass is 539 g/mol. The van der Waals surface area contributed by atoms with Crippen molar-refractivity contribution in [2.75, 3.05) is 20.9 Å². The summed E-state index contributed by atoms with van der Waals surface area (Å²) in [5, 5.41) is 5.66. The summed E-state index contributed by atoms with van der Waals surface area (Å²) in [4.78, 5) is 60.6. The van der Waals surface area contributed by atoms with Crippen LogP contribution < -0.4 is 10.6 Å². The summed E-state index contributed by atoms with van der Waals surface area (Å²) in [6.07, 6.45) is 3.75. The molecule has 2 heterocycles. The standard InChI is InChI=1S/C26H34BN5O7/c1-16(2)12-20(27-39-26(36)22-21(25(35)37-4)32(3)15-38-22)31-23(33)18(13-17-8-6-5-7-9-17)30-24(34)19-14-28-10-11-29-19/h5-11,14,16,18,20-22,27H,12-13,15H2,1-4H3,(H,30,34)(H,31,33)/t18-,20-,21+,22+/m0/s1. The van der Waals surface area contributed by atoms with E-state index in [1.54, 1.807) is 11.9 Å². The quantitative estimate of drug-likeness (QED) is 0.280. The van der Waals surface area contributed by atoms with Crippen molar-refractivity contribution in [3.63, 3.8) is 0 Å². The fourth-order valence-electron chi connectivity index (χ4n) is 4.23. The number of rotatable bonds is 12. The van der Waals surface area contributed by atoms with E-state index < -0.39 is 47.9 Å². The van der Waals surface area contributed by atoms with Crippen LogP contribution >= 0.6 is 0 Å². The Hall–Kier alpha value is -3.84. The molecule has 1 aliphatic rings. The van der Waals surface area contributed by atoms with Gasteiger partial charge in [-0.3, -0.25) is 29.1 Å². The minimum Gasteiger partial charge on any atom is -0.536 e. The lowest BCUT2D eigenvalue weighted by atomic mass is 9.81. The van der Waals surface area contributed by atoms with Crippen LogP contribution in [-0.2, 0) is 34.9 Å². The zero-order valence-electron chi connectivity index (χ0n) is 22.5. The lowest BCUT2D eigenvalue weighted by Crippen LogP contribution is -2.53. The van der Waals surface area contributed by atoms with Gasteiger partial charge in [0.25, 0.3) is 5.91 Å². The van der Waals surface area contributed by atoms with Crippen LogP contribution in [0.25, 0.3) is 0 Å². The number of ether oxygens (including phenoxy) is 2. The van der Waals surface area contributed by atoms with Gasteiger partial charge in [0.05, 0.1) is 13.3 Å². The van der Waals surface area contributed by atoms with Gasteiger partial charge in [0.1, 0.15) is 24.5 Å². The van der Waals surface area contributed by atoms with Crippen molar-refractivity contribution in [1.82, 2.24) is 25.5 Å². The van der Waals surface area contributed by atoms with Crippen LogP contribution in [0.4, 0.5) is 0 Å². The molecular weight excluding hydrogens is 505 g/mol. The molecule has 1 saturated heterocycles. The van der Waals surface area contributed by atoms with E-state index in [9.17, 15) is 19.2 Å². The van der Waals surface area contributed by atoms with Crippen LogP contribution in [-0.4, -0.2) is 91.1 Å². The van der Waals surface area contributed by atoms with Crippen molar-refractivity contribution >= 4 is 31.2 Å². The summed E-state index contributed by atoms with van der Waals surface area (Å²) in [5.41, 5.74) is 0.929. The maximum absolute atomic E-state index is 13.4. The van der Waals surface area contributed by atoms with E-state index in [2.05, 4.69) is 20.6 Å². The summed E-state index contributed by atoms with van der Waals surface area (Å²) in [6.45, 7) is 4.01. The number of amides is 2. The molecule has 1 aromatic carbocycles. The molecule has 4 atom stereocenters. The predicted octanol–water partition coefficient (Wildman–Crippen LogP) is 0.0305. The summed E-state index contributed by atoms with van der Waals surface area (Å²) >= 11 is 0. The average molecular weight is 539 g/mol. The number of carbonyl (C=O) groups excluding carboxylic acids is 4. The van der Waals surface area contributed by atoms with E-state index in [-0.39, 0.29) is 32.2 Å². The molecule has 0 aliphatic carbocycles. The predicted molar refractivity (Wildman–Crippen MR) is 141 cm³/mol. The molecule has 0 saturated carbocycles. The number of hydrogen-bond donors (Lipinski definition) is 2. The zero-order chi connectivity index (χ0) is 28.4. The molecule has 2 aromatic rings. The van der Waals surface area contributed by atoms with Gasteiger partial charge in [-0.25, -0.2) is 4.98 Å². The Morgan fingerprint density at radius 3 is 2.51 bits per heavy atom. The first-order valence-corrected chi connectivity index (χ1v) is 12.7. The molecule has 39 heavy (non-hydrogen) atoms. The summed E-state index contributed by atoms with van der Waals surface area (Å²) in [7, 11) is 2.73. The number of likely N-dealkylation sites (N-methyl/N-ethyl adjacent to an activating group) is 1. The molecular formula is C26H34BN5O7. The highest BCUT2D eigenvalue weighted by molar-refractivity contribution is 6.33. The van der Waals surface area contributed by atoms with E-state index in [0.717, 1.165) is 5.56 Å². The summed E-state index contributed by atoms with van der Waals surface area (Å²) in [5.74, 6) is -2.71. The minimum absolute atomic E-state index is 0.0678. The van der Waals surface area contributed by atoms with E-state index in [4.69, 9.17) is 14.1 Å². The van der Waals surface area contributed by atoms with Gasteiger partial charge in [0.15, 0.2) is 6.10 Å². The fraction of sp³-hybridized carbons (Fsp3) is 0.462. The molecule has 0 bridgehead atoms. The van der Waals surface area contributed by atoms with Crippen LogP contribution in [0.2, 0.25) is 0 Å². The van der Waals surface area contributed by atoms with Gasteiger partial charge in [-0.1, -0.05) is 44.2 Å². The van der Waals surface area contributed by atoms with Gasteiger partial charge >= 0.3 is 19.4 Å². The maximum atomic E-state index is 13.4. The molecule has 1 fully saturated rings. The third kappa shape index (κ3) is 8.59. The van der Waals surface area contributed by atoms with Gasteiger partial charge in [-0.15, -0.1) is 0 Å². The number of methoxy groups -OCH3 is 1. The van der Waals surface area contributed by atoms with Gasteiger partial charge in [0.2, 0.25) is 5.91 Å². The summed E-state index contributed by atoms with van der Waals surface area (Å²) in [6, 6.07) is 7.42. The molecule has 1 aromatic heterocycles. The SMILES string of the molecule is COC(=O)[C@H]1[C@H](C(=O)OB[C@H](CC(C)C)NC(=O)[C@H](Cc2ccccc2)NC(=O)c2cnccn2)OCN1C. The number of nitrogens with one attached hydrogen (secondary N) is 2. The average Bonchev–Trinajstić information content (AvgIpc) is 3.32. The van der Waals surface area contributed by atoms with Crippen molar-refractivity contribution in [3.05, 3.63) is 60.2 Å². The molecule has 12 nitrogen and oxygen atoms in total. The van der Waals surface area contributed by atoms with Crippen LogP contribution in [0.5, 0.6) is 0 Å². The minimum atomic E-state index is -1.14. The number of carbonyl (C=O) groups is 4. The van der Waals surface area contributed by atoms with Crippen LogP contribution in [0.15, 0.2) is 48.9 Å². The molecule has 13 heteroatoms. The Bertz CT molecular complexity index is 1120. The molecule has 208 valence electrons. The Kier molecular flexibility index (Phi) is 10.9. The third-order valence-electron chi connectivity index (χ3n) is 6.12. The molecule has 2 N–H and O–H groups in total. The molecule has 0 radical (unpaired) electrons. The highest BCUT2D eigenvalue weighted by Gasteiger charge is 2.44. The topological polar surface area (TPSA) is 149 Å². The van der Waals surface area contributed by atoms with Crippen molar-refractivity contribution in [2.24, 2.45) is 5.92 Å². The van der Waals surface area contributed by atoms with E-state index in [1.807, 2.05) is 44.2 Å². The Labute approximate surface area is 228 Å². The van der Waals surface area contributed by atoms with Gasteiger partial charge in [-0.2, -0.15) is 0 Å². The lowest BCUT2D eigenvalue weighted by Gasteiger charge is -2.25. The highest BCUT2D eigenvalue weighted by Crippen LogP contribution is 2.18. The Balaban J connectivity index is 1.70. The van der Waals surface area contributed by atoms with Crippen LogP contribution in [0.3, 0.4) is 0 Å². The molecule has 0 unspecified atom stereocenters. The normalized spacial score (nSPS) is 18.6. The fourth-order valence-corrected chi connectivity index (χ4v) is 4.23. The smallest absolute Gasteiger partial charge is 0.366 e. The van der Waals surface area contributed by atoms with Crippen LogP contribution in [0, 0.1) is 5.92 Å². The number of nitrogens with zero attached hydrogens (tertiary/aromatic N) is 3. The molecule has 0 spiro atoms. The van der Waals surface area contributed by atoms with Crippen LogP contribution in [0.1, 0.15) is 36.3 Å². The molecule has 1 aliphatic heterocycles. The number of esters is 1. The number of hydrogen-bond acceptors (Lipinski definition) is 10. The van der Waals surface area contributed by atoms with E-state index >= 15 is 0 Å². The third-order valence-corrected chi connectivity index (χ3v) is 6.12. The van der Waals surface area contributed by atoms with E-state index in [1.165, 1.54) is 25.7 Å². The highest BCUT2D eigenvalue weighted by atomic mass is 16.6. The number of aromatic nitrogens is 2. The van der Waals surface area contributed by atoms with Gasteiger partial charge < -0.3 is 24.8 Å². The van der Waals surface area contributed by atoms with Crippen molar-refractivity contribution in [1.29, 1.82) is 0 Å². The first kappa shape index (κ1) is 29.7. The zero-order valence-corrected chi connectivity index (χ0v) is 22.5. The first-order chi connectivity index (χ1) is 18.7. The first-order valence-electron chi connectivity index (χ1n) is 12.7. The summed E-state index contributed by atoms with van der Waals surface area (Å²) < 4.78 is 15.7. The number of benzene rings is 1. The largest absolute Gasteiger partial charge is 0.536 e.